The Labute approximate surface area is 181 Å². The van der Waals surface area contributed by atoms with Crippen molar-refractivity contribution >= 4 is 22.5 Å². The fourth-order valence-electron chi connectivity index (χ4n) is 3.98. The zero-order chi connectivity index (χ0) is 21.4. The second-order valence-corrected chi connectivity index (χ2v) is 9.04. The lowest BCUT2D eigenvalue weighted by Gasteiger charge is -2.21. The van der Waals surface area contributed by atoms with Gasteiger partial charge in [0.05, 0.1) is 22.0 Å². The fraction of sp³-hybridized carbons (Fsp3) is 0.455. The molecular formula is C22H28N6OS. The van der Waals surface area contributed by atoms with Gasteiger partial charge in [-0.2, -0.15) is 5.10 Å². The minimum absolute atomic E-state index is 0.204. The molecule has 1 unspecified atom stereocenters. The Bertz CT molecular complexity index is 1070. The van der Waals surface area contributed by atoms with E-state index in [2.05, 4.69) is 60.1 Å². The van der Waals surface area contributed by atoms with Crippen molar-refractivity contribution in [2.75, 3.05) is 12.4 Å². The van der Waals surface area contributed by atoms with Crippen molar-refractivity contribution in [1.82, 2.24) is 25.1 Å². The molecule has 3 aromatic rings. The van der Waals surface area contributed by atoms with Gasteiger partial charge in [-0.3, -0.25) is 15.0 Å². The van der Waals surface area contributed by atoms with E-state index in [0.717, 1.165) is 52.5 Å². The third-order valence-electron chi connectivity index (χ3n) is 5.39. The van der Waals surface area contributed by atoms with Gasteiger partial charge in [0, 0.05) is 36.1 Å². The number of pyridine rings is 1. The van der Waals surface area contributed by atoms with E-state index in [0.29, 0.717) is 5.13 Å². The fourth-order valence-corrected chi connectivity index (χ4v) is 5.02. The number of amides is 2. The number of anilines is 1. The molecule has 158 valence electrons. The number of nitrogens with one attached hydrogen (secondary N) is 2. The maximum atomic E-state index is 11.8. The summed E-state index contributed by atoms with van der Waals surface area (Å²) >= 11 is 1.51. The van der Waals surface area contributed by atoms with Gasteiger partial charge in [0.2, 0.25) is 0 Å². The SMILES string of the molecule is CCCc1ccc(-c2nn(C(C)C)c3c2C(C)Cc2nc(NC(=O)NC)sc2-3)cn1. The van der Waals surface area contributed by atoms with Crippen LogP contribution in [0.5, 0.6) is 0 Å². The van der Waals surface area contributed by atoms with Crippen LogP contribution in [0.4, 0.5) is 9.93 Å². The summed E-state index contributed by atoms with van der Waals surface area (Å²) in [7, 11) is 1.60. The molecule has 8 heteroatoms. The standard InChI is InChI=1S/C22H28N6OS/c1-6-7-15-9-8-14(11-24-15)18-17-13(4)10-16-20(19(17)28(27-18)12(2)3)30-22(25-16)26-21(29)23-5/h8-9,11-13H,6-7,10H2,1-5H3,(H2,23,25,26,29). The number of hydrogen-bond donors (Lipinski definition) is 2. The maximum absolute atomic E-state index is 11.8. The molecule has 1 aliphatic carbocycles. The van der Waals surface area contributed by atoms with Crippen molar-refractivity contribution in [3.8, 4) is 21.8 Å². The Morgan fingerprint density at radius 3 is 2.80 bits per heavy atom. The van der Waals surface area contributed by atoms with Crippen LogP contribution in [-0.4, -0.2) is 32.8 Å². The molecule has 0 aromatic carbocycles. The Morgan fingerprint density at radius 2 is 2.17 bits per heavy atom. The lowest BCUT2D eigenvalue weighted by molar-refractivity contribution is 0.254. The van der Waals surface area contributed by atoms with E-state index in [-0.39, 0.29) is 18.0 Å². The zero-order valence-corrected chi connectivity index (χ0v) is 18.9. The van der Waals surface area contributed by atoms with E-state index in [1.807, 2.05) is 6.20 Å². The molecule has 0 saturated carbocycles. The largest absolute Gasteiger partial charge is 0.341 e. The smallest absolute Gasteiger partial charge is 0.320 e. The summed E-state index contributed by atoms with van der Waals surface area (Å²) < 4.78 is 2.10. The van der Waals surface area contributed by atoms with Crippen LogP contribution in [-0.2, 0) is 12.8 Å². The maximum Gasteiger partial charge on any atom is 0.320 e. The predicted molar refractivity (Wildman–Crippen MR) is 121 cm³/mol. The lowest BCUT2D eigenvalue weighted by atomic mass is 9.86. The molecule has 2 amide bonds. The second-order valence-electron chi connectivity index (χ2n) is 8.04. The summed E-state index contributed by atoms with van der Waals surface area (Å²) in [5.74, 6) is 0.278. The van der Waals surface area contributed by atoms with Crippen molar-refractivity contribution in [1.29, 1.82) is 0 Å². The summed E-state index contributed by atoms with van der Waals surface area (Å²) in [6.45, 7) is 8.67. The highest BCUT2D eigenvalue weighted by Crippen LogP contribution is 2.48. The zero-order valence-electron chi connectivity index (χ0n) is 18.1. The molecular weight excluding hydrogens is 396 g/mol. The average Bonchev–Trinajstić information content (AvgIpc) is 3.30. The first-order valence-corrected chi connectivity index (χ1v) is 11.3. The first-order chi connectivity index (χ1) is 14.4. The van der Waals surface area contributed by atoms with Crippen LogP contribution in [0.25, 0.3) is 21.8 Å². The number of rotatable bonds is 5. The molecule has 0 saturated heterocycles. The van der Waals surface area contributed by atoms with Crippen molar-refractivity contribution in [3.05, 3.63) is 35.3 Å². The number of carbonyl (C=O) groups excluding carboxylic acids is 1. The third kappa shape index (κ3) is 3.60. The number of nitrogens with zero attached hydrogens (tertiary/aromatic N) is 4. The Hall–Kier alpha value is -2.74. The van der Waals surface area contributed by atoms with Gasteiger partial charge in [-0.1, -0.05) is 31.6 Å². The van der Waals surface area contributed by atoms with E-state index < -0.39 is 0 Å². The van der Waals surface area contributed by atoms with E-state index in [4.69, 9.17) is 10.1 Å². The van der Waals surface area contributed by atoms with Crippen LogP contribution in [0.1, 0.15) is 63.0 Å². The van der Waals surface area contributed by atoms with Crippen LogP contribution in [0.3, 0.4) is 0 Å². The lowest BCUT2D eigenvalue weighted by Crippen LogP contribution is -2.24. The van der Waals surface area contributed by atoms with Gasteiger partial charge in [0.15, 0.2) is 5.13 Å². The number of hydrogen-bond acceptors (Lipinski definition) is 5. The first-order valence-electron chi connectivity index (χ1n) is 10.5. The van der Waals surface area contributed by atoms with Gasteiger partial charge in [-0.25, -0.2) is 9.78 Å². The third-order valence-corrected chi connectivity index (χ3v) is 6.41. The van der Waals surface area contributed by atoms with Gasteiger partial charge in [0.1, 0.15) is 0 Å². The Balaban J connectivity index is 1.83. The monoisotopic (exact) mass is 424 g/mol. The number of fused-ring (bicyclic) bond motifs is 3. The highest BCUT2D eigenvalue weighted by atomic mass is 32.1. The molecule has 2 N–H and O–H groups in total. The van der Waals surface area contributed by atoms with E-state index >= 15 is 0 Å². The molecule has 0 radical (unpaired) electrons. The molecule has 7 nitrogen and oxygen atoms in total. The molecule has 0 fully saturated rings. The summed E-state index contributed by atoms with van der Waals surface area (Å²) in [6, 6.07) is 4.19. The summed E-state index contributed by atoms with van der Waals surface area (Å²) in [5, 5.41) is 11.0. The number of carbonyl (C=O) groups is 1. The normalized spacial score (nSPS) is 15.1. The van der Waals surface area contributed by atoms with Crippen LogP contribution >= 0.6 is 11.3 Å². The number of aromatic nitrogens is 4. The predicted octanol–water partition coefficient (Wildman–Crippen LogP) is 5.01. The molecule has 3 heterocycles. The van der Waals surface area contributed by atoms with E-state index in [9.17, 15) is 4.79 Å². The Kier molecular flexibility index (Phi) is 5.60. The number of aryl methyl sites for hydroxylation is 1. The van der Waals surface area contributed by atoms with Crippen molar-refractivity contribution < 1.29 is 4.79 Å². The first kappa shape index (κ1) is 20.5. The molecule has 4 rings (SSSR count). The molecule has 1 atom stereocenters. The van der Waals surface area contributed by atoms with Gasteiger partial charge < -0.3 is 5.32 Å². The van der Waals surface area contributed by atoms with Gasteiger partial charge in [-0.15, -0.1) is 0 Å². The number of urea groups is 1. The second kappa shape index (κ2) is 8.18. The van der Waals surface area contributed by atoms with E-state index in [1.165, 1.54) is 16.9 Å². The molecule has 0 bridgehead atoms. The van der Waals surface area contributed by atoms with Crippen molar-refractivity contribution in [2.24, 2.45) is 0 Å². The summed E-state index contributed by atoms with van der Waals surface area (Å²) in [5.41, 5.74) is 6.55. The average molecular weight is 425 g/mol. The molecule has 0 aliphatic heterocycles. The van der Waals surface area contributed by atoms with Crippen LogP contribution in [0, 0.1) is 0 Å². The topological polar surface area (TPSA) is 84.7 Å². The molecule has 0 spiro atoms. The van der Waals surface area contributed by atoms with Gasteiger partial charge >= 0.3 is 6.03 Å². The molecule has 30 heavy (non-hydrogen) atoms. The quantitative estimate of drug-likeness (QED) is 0.603. The number of thiazole rings is 1. The van der Waals surface area contributed by atoms with Crippen molar-refractivity contribution in [2.45, 2.75) is 58.9 Å². The van der Waals surface area contributed by atoms with Crippen LogP contribution in [0.15, 0.2) is 18.3 Å². The van der Waals surface area contributed by atoms with Crippen LogP contribution < -0.4 is 10.6 Å². The highest BCUT2D eigenvalue weighted by Gasteiger charge is 2.34. The van der Waals surface area contributed by atoms with Crippen LogP contribution in [0.2, 0.25) is 0 Å². The summed E-state index contributed by atoms with van der Waals surface area (Å²) in [4.78, 5) is 22.2. The minimum atomic E-state index is -0.259. The van der Waals surface area contributed by atoms with E-state index in [1.54, 1.807) is 7.05 Å². The van der Waals surface area contributed by atoms with Gasteiger partial charge in [0.25, 0.3) is 0 Å². The van der Waals surface area contributed by atoms with Gasteiger partial charge in [-0.05, 0) is 44.7 Å². The molecule has 1 aliphatic rings. The Morgan fingerprint density at radius 1 is 1.37 bits per heavy atom. The minimum Gasteiger partial charge on any atom is -0.341 e. The highest BCUT2D eigenvalue weighted by molar-refractivity contribution is 7.19. The van der Waals surface area contributed by atoms with Crippen molar-refractivity contribution in [3.63, 3.8) is 0 Å². The summed E-state index contributed by atoms with van der Waals surface area (Å²) in [6.07, 6.45) is 4.85. The molecule has 3 aromatic heterocycles.